The Kier molecular flexibility index (Phi) is 6.36. The van der Waals surface area contributed by atoms with E-state index in [9.17, 15) is 14.7 Å². The number of hydrogen-bond acceptors (Lipinski definition) is 4. The van der Waals surface area contributed by atoms with Crippen molar-refractivity contribution < 1.29 is 14.7 Å². The molecular formula is C20H18IN3O3. The number of hydrogen-bond donors (Lipinski definition) is 3. The Morgan fingerprint density at radius 3 is 2.70 bits per heavy atom. The summed E-state index contributed by atoms with van der Waals surface area (Å²) in [6, 6.07) is 15.5. The van der Waals surface area contributed by atoms with Crippen molar-refractivity contribution in [1.29, 1.82) is 0 Å². The Bertz CT molecular complexity index is 972. The lowest BCUT2D eigenvalue weighted by atomic mass is 10.1. The number of fused-ring (bicyclic) bond motifs is 1. The standard InChI is InChI=1S/C20H18IN3O3/c21-14-5-3-4-13(10-14)11-23-20(27)18(12-25)24-19(26)16-8-9-22-17-7-2-1-6-15(16)17/h1-10,18,25H,11-12H2,(H,23,27)(H,24,26)/t18-/m0/s1. The Balaban J connectivity index is 1.68. The quantitative estimate of drug-likeness (QED) is 0.477. The maximum atomic E-state index is 12.6. The molecule has 0 fully saturated rings. The van der Waals surface area contributed by atoms with E-state index in [0.717, 1.165) is 9.13 Å². The Hall–Kier alpha value is -2.52. The van der Waals surface area contributed by atoms with Crippen LogP contribution in [0.2, 0.25) is 0 Å². The summed E-state index contributed by atoms with van der Waals surface area (Å²) in [4.78, 5) is 29.2. The number of halogens is 1. The number of aliphatic hydroxyl groups is 1. The van der Waals surface area contributed by atoms with E-state index >= 15 is 0 Å². The summed E-state index contributed by atoms with van der Waals surface area (Å²) in [5, 5.41) is 15.6. The predicted molar refractivity (Wildman–Crippen MR) is 111 cm³/mol. The third-order valence-electron chi connectivity index (χ3n) is 4.05. The van der Waals surface area contributed by atoms with Crippen LogP contribution in [0.5, 0.6) is 0 Å². The zero-order chi connectivity index (χ0) is 19.2. The summed E-state index contributed by atoms with van der Waals surface area (Å²) in [5.74, 6) is -0.875. The Labute approximate surface area is 170 Å². The summed E-state index contributed by atoms with van der Waals surface area (Å²) in [6.45, 7) is -0.173. The number of carbonyl (C=O) groups excluding carboxylic acids is 2. The maximum Gasteiger partial charge on any atom is 0.252 e. The number of rotatable bonds is 6. The van der Waals surface area contributed by atoms with E-state index in [-0.39, 0.29) is 0 Å². The molecule has 0 unspecified atom stereocenters. The number of aromatic nitrogens is 1. The van der Waals surface area contributed by atoms with Gasteiger partial charge < -0.3 is 15.7 Å². The largest absolute Gasteiger partial charge is 0.394 e. The van der Waals surface area contributed by atoms with Crippen molar-refractivity contribution in [3.8, 4) is 0 Å². The first kappa shape index (κ1) is 19.2. The average Bonchev–Trinajstić information content (AvgIpc) is 2.69. The molecule has 1 heterocycles. The van der Waals surface area contributed by atoms with E-state index in [1.807, 2.05) is 42.5 Å². The van der Waals surface area contributed by atoms with Crippen LogP contribution >= 0.6 is 22.6 Å². The lowest BCUT2D eigenvalue weighted by molar-refractivity contribution is -0.124. The first-order valence-electron chi connectivity index (χ1n) is 8.36. The van der Waals surface area contributed by atoms with E-state index in [1.165, 1.54) is 0 Å². The molecule has 27 heavy (non-hydrogen) atoms. The average molecular weight is 475 g/mol. The minimum atomic E-state index is -1.03. The van der Waals surface area contributed by atoms with E-state index in [4.69, 9.17) is 0 Å². The van der Waals surface area contributed by atoms with Crippen LogP contribution in [0.25, 0.3) is 10.9 Å². The van der Waals surface area contributed by atoms with Crippen molar-refractivity contribution in [2.24, 2.45) is 0 Å². The van der Waals surface area contributed by atoms with Crippen LogP contribution in [-0.2, 0) is 11.3 Å². The monoisotopic (exact) mass is 475 g/mol. The van der Waals surface area contributed by atoms with Crippen LogP contribution in [0.4, 0.5) is 0 Å². The van der Waals surface area contributed by atoms with E-state index in [1.54, 1.807) is 18.3 Å². The van der Waals surface area contributed by atoms with Gasteiger partial charge in [0.15, 0.2) is 0 Å². The summed E-state index contributed by atoms with van der Waals surface area (Å²) in [7, 11) is 0. The topological polar surface area (TPSA) is 91.3 Å². The van der Waals surface area contributed by atoms with E-state index < -0.39 is 24.5 Å². The second-order valence-electron chi connectivity index (χ2n) is 5.93. The molecule has 6 nitrogen and oxygen atoms in total. The number of nitrogens with zero attached hydrogens (tertiary/aromatic N) is 1. The first-order valence-corrected chi connectivity index (χ1v) is 9.44. The van der Waals surface area contributed by atoms with Crippen LogP contribution in [0.3, 0.4) is 0 Å². The van der Waals surface area contributed by atoms with Gasteiger partial charge in [-0.05, 0) is 52.4 Å². The molecule has 0 radical (unpaired) electrons. The summed E-state index contributed by atoms with van der Waals surface area (Å²) < 4.78 is 1.07. The number of aliphatic hydroxyl groups excluding tert-OH is 1. The van der Waals surface area contributed by atoms with Gasteiger partial charge in [0.25, 0.3) is 5.91 Å². The van der Waals surface area contributed by atoms with Crippen molar-refractivity contribution in [2.75, 3.05) is 6.61 Å². The van der Waals surface area contributed by atoms with E-state index in [2.05, 4.69) is 38.2 Å². The predicted octanol–water partition coefficient (Wildman–Crippen LogP) is 2.25. The molecule has 1 atom stereocenters. The van der Waals surface area contributed by atoms with Crippen molar-refractivity contribution in [2.45, 2.75) is 12.6 Å². The van der Waals surface area contributed by atoms with Gasteiger partial charge in [0.05, 0.1) is 17.7 Å². The molecule has 138 valence electrons. The van der Waals surface area contributed by atoms with Crippen molar-refractivity contribution >= 4 is 45.3 Å². The molecule has 0 spiro atoms. The molecule has 3 rings (SSSR count). The van der Waals surface area contributed by atoms with Crippen molar-refractivity contribution in [1.82, 2.24) is 15.6 Å². The molecule has 0 bridgehead atoms. The van der Waals surface area contributed by atoms with Gasteiger partial charge in [-0.15, -0.1) is 0 Å². The Morgan fingerprint density at radius 2 is 1.93 bits per heavy atom. The van der Waals surface area contributed by atoms with Gasteiger partial charge in [-0.3, -0.25) is 14.6 Å². The van der Waals surface area contributed by atoms with Gasteiger partial charge in [-0.2, -0.15) is 0 Å². The number of amides is 2. The highest BCUT2D eigenvalue weighted by atomic mass is 127. The lowest BCUT2D eigenvalue weighted by Crippen LogP contribution is -2.48. The van der Waals surface area contributed by atoms with Crippen molar-refractivity contribution in [3.63, 3.8) is 0 Å². The molecule has 3 aromatic rings. The molecule has 0 saturated carbocycles. The van der Waals surface area contributed by atoms with Gasteiger partial charge in [0.1, 0.15) is 6.04 Å². The lowest BCUT2D eigenvalue weighted by Gasteiger charge is -2.17. The number of pyridine rings is 1. The molecule has 3 N–H and O–H groups in total. The summed E-state index contributed by atoms with van der Waals surface area (Å²) >= 11 is 2.20. The smallest absolute Gasteiger partial charge is 0.252 e. The van der Waals surface area contributed by atoms with Gasteiger partial charge >= 0.3 is 0 Å². The zero-order valence-electron chi connectivity index (χ0n) is 14.4. The molecular weight excluding hydrogens is 457 g/mol. The molecule has 7 heteroatoms. The SMILES string of the molecule is O=C(N[C@@H](CO)C(=O)NCc1cccc(I)c1)c1ccnc2ccccc12. The third-order valence-corrected chi connectivity index (χ3v) is 4.72. The molecule has 0 saturated heterocycles. The molecule has 0 aliphatic rings. The fourth-order valence-electron chi connectivity index (χ4n) is 2.68. The molecule has 0 aliphatic heterocycles. The van der Waals surface area contributed by atoms with Crippen LogP contribution < -0.4 is 10.6 Å². The second kappa shape index (κ2) is 8.92. The number of carbonyl (C=O) groups is 2. The highest BCUT2D eigenvalue weighted by Crippen LogP contribution is 2.16. The molecule has 2 aromatic carbocycles. The maximum absolute atomic E-state index is 12.6. The van der Waals surface area contributed by atoms with Gasteiger partial charge in [-0.25, -0.2) is 0 Å². The summed E-state index contributed by atoms with van der Waals surface area (Å²) in [5.41, 5.74) is 2.04. The van der Waals surface area contributed by atoms with Crippen LogP contribution in [0, 0.1) is 3.57 Å². The second-order valence-corrected chi connectivity index (χ2v) is 7.18. The highest BCUT2D eigenvalue weighted by molar-refractivity contribution is 14.1. The van der Waals surface area contributed by atoms with Crippen LogP contribution in [0.1, 0.15) is 15.9 Å². The van der Waals surface area contributed by atoms with Gasteiger partial charge in [0.2, 0.25) is 5.91 Å². The van der Waals surface area contributed by atoms with Gasteiger partial charge in [-0.1, -0.05) is 30.3 Å². The molecule has 0 aliphatic carbocycles. The zero-order valence-corrected chi connectivity index (χ0v) is 16.5. The normalized spacial score (nSPS) is 11.8. The van der Waals surface area contributed by atoms with Crippen LogP contribution in [0.15, 0.2) is 60.8 Å². The minimum absolute atomic E-state index is 0.320. The molecule has 1 aromatic heterocycles. The minimum Gasteiger partial charge on any atom is -0.394 e. The first-order chi connectivity index (χ1) is 13.1. The fourth-order valence-corrected chi connectivity index (χ4v) is 3.29. The summed E-state index contributed by atoms with van der Waals surface area (Å²) in [6.07, 6.45) is 1.54. The van der Waals surface area contributed by atoms with Gasteiger partial charge in [0, 0.05) is 21.7 Å². The third kappa shape index (κ3) is 4.81. The fraction of sp³-hybridized carbons (Fsp3) is 0.150. The number of benzene rings is 2. The number of nitrogens with one attached hydrogen (secondary N) is 2. The van der Waals surface area contributed by atoms with Crippen LogP contribution in [-0.4, -0.2) is 34.6 Å². The highest BCUT2D eigenvalue weighted by Gasteiger charge is 2.21. The van der Waals surface area contributed by atoms with Crippen molar-refractivity contribution in [3.05, 3.63) is 75.5 Å². The van der Waals surface area contributed by atoms with E-state index in [0.29, 0.717) is 23.0 Å². The molecule has 2 amide bonds. The Morgan fingerprint density at radius 1 is 1.11 bits per heavy atom. The number of para-hydroxylation sites is 1.